The van der Waals surface area contributed by atoms with Crippen molar-refractivity contribution in [2.24, 2.45) is 0 Å². The predicted molar refractivity (Wildman–Crippen MR) is 65.1 cm³/mol. The van der Waals surface area contributed by atoms with Crippen LogP contribution in [-0.4, -0.2) is 42.3 Å². The van der Waals surface area contributed by atoms with Crippen LogP contribution >= 0.6 is 0 Å². The molecule has 0 aliphatic carbocycles. The topological polar surface area (TPSA) is 111 Å². The summed E-state index contributed by atoms with van der Waals surface area (Å²) in [5.74, 6) is 0. The van der Waals surface area contributed by atoms with Crippen LogP contribution in [-0.2, 0) is 15.2 Å². The summed E-state index contributed by atoms with van der Waals surface area (Å²) in [6, 6.07) is 4.52. The Morgan fingerprint density at radius 2 is 1.14 bits per heavy atom. The molecule has 21 heavy (non-hydrogen) atoms. The summed E-state index contributed by atoms with van der Waals surface area (Å²) in [7, 11) is -4.94. The smallest absolute Gasteiger partial charge is 0.743 e. The van der Waals surface area contributed by atoms with E-state index in [9.17, 15) is 13.0 Å². The molecular formula is C10H9KN6O3S. The van der Waals surface area contributed by atoms with Crippen molar-refractivity contribution < 1.29 is 64.4 Å². The van der Waals surface area contributed by atoms with Gasteiger partial charge in [-0.15, -0.1) is 0 Å². The first-order chi connectivity index (χ1) is 9.57. The third kappa shape index (κ3) is 2.54. The van der Waals surface area contributed by atoms with E-state index in [0.29, 0.717) is 0 Å². The molecule has 9 nitrogen and oxygen atoms in total. The molecule has 0 N–H and O–H groups in total. The molecular weight excluding hydrogens is 323 g/mol. The fraction of sp³-hybridized carbons (Fsp3) is 0.100. The minimum absolute atomic E-state index is 0. The second-order valence-corrected chi connectivity index (χ2v) is 5.34. The van der Waals surface area contributed by atoms with Gasteiger partial charge in [-0.05, 0) is 18.2 Å². The largest absolute Gasteiger partial charge is 1.00 e. The van der Waals surface area contributed by atoms with Gasteiger partial charge >= 0.3 is 56.5 Å². The van der Waals surface area contributed by atoms with Crippen molar-refractivity contribution in [2.75, 3.05) is 0 Å². The van der Waals surface area contributed by atoms with Crippen LogP contribution in [0.25, 0.3) is 0 Å². The zero-order valence-electron chi connectivity index (χ0n) is 11.0. The Labute approximate surface area is 162 Å². The molecule has 3 aromatic heterocycles. The molecule has 0 radical (unpaired) electrons. The third-order valence-corrected chi connectivity index (χ3v) is 3.98. The first kappa shape index (κ1) is 16.5. The van der Waals surface area contributed by atoms with Gasteiger partial charge in [0, 0.05) is 37.2 Å². The first-order valence-electron chi connectivity index (χ1n) is 5.52. The first-order valence-corrected chi connectivity index (χ1v) is 6.93. The zero-order chi connectivity index (χ0) is 14.2. The third-order valence-electron chi connectivity index (χ3n) is 2.74. The summed E-state index contributed by atoms with van der Waals surface area (Å²) in [5, 5.41) is 9.39. The molecule has 0 aliphatic heterocycles. The molecule has 0 saturated heterocycles. The molecule has 3 rings (SSSR count). The molecule has 11 heteroatoms. The number of rotatable bonds is 4. The quantitative estimate of drug-likeness (QED) is 0.362. The maximum Gasteiger partial charge on any atom is 1.00 e. The monoisotopic (exact) mass is 332 g/mol. The molecule has 3 aromatic rings. The van der Waals surface area contributed by atoms with Crippen molar-refractivity contribution in [3.05, 3.63) is 55.4 Å². The number of nitrogens with zero attached hydrogens (tertiary/aromatic N) is 6. The van der Waals surface area contributed by atoms with E-state index in [4.69, 9.17) is 0 Å². The second kappa shape index (κ2) is 6.12. The molecule has 0 aliphatic rings. The summed E-state index contributed by atoms with van der Waals surface area (Å²) in [4.78, 5) is 0. The summed E-state index contributed by atoms with van der Waals surface area (Å²) < 4.78 is 39.0. The van der Waals surface area contributed by atoms with Gasteiger partial charge in [-0.2, -0.15) is 15.3 Å². The van der Waals surface area contributed by atoms with Crippen molar-refractivity contribution in [1.29, 1.82) is 0 Å². The van der Waals surface area contributed by atoms with Gasteiger partial charge in [0.2, 0.25) is 0 Å². The summed E-state index contributed by atoms with van der Waals surface area (Å²) in [6.07, 6.45) is 8.18. The van der Waals surface area contributed by atoms with Gasteiger partial charge in [0.15, 0.2) is 10.1 Å². The van der Waals surface area contributed by atoms with Crippen LogP contribution in [0.5, 0.6) is 0 Å². The van der Waals surface area contributed by atoms with E-state index in [0.717, 1.165) is 14.0 Å². The molecule has 104 valence electrons. The van der Waals surface area contributed by atoms with Crippen molar-refractivity contribution in [3.63, 3.8) is 0 Å². The van der Waals surface area contributed by atoms with E-state index in [1.165, 1.54) is 55.4 Å². The van der Waals surface area contributed by atoms with Crippen LogP contribution in [0.3, 0.4) is 0 Å². The van der Waals surface area contributed by atoms with Gasteiger partial charge < -0.3 is 4.55 Å². The van der Waals surface area contributed by atoms with Gasteiger partial charge in [0.25, 0.3) is 0 Å². The fourth-order valence-corrected chi connectivity index (χ4v) is 2.99. The fourth-order valence-electron chi connectivity index (χ4n) is 1.98. The molecule has 0 atom stereocenters. The summed E-state index contributed by atoms with van der Waals surface area (Å²) >= 11 is 0. The minimum Gasteiger partial charge on any atom is -0.743 e. The Bertz CT molecular complexity index is 698. The van der Waals surface area contributed by atoms with Gasteiger partial charge in [0.05, 0.1) is 0 Å². The summed E-state index contributed by atoms with van der Waals surface area (Å²) in [5.41, 5.74) is 0. The Hall–Kier alpha value is -0.824. The average Bonchev–Trinajstić information content (AvgIpc) is 3.13. The van der Waals surface area contributed by atoms with Gasteiger partial charge in [-0.1, -0.05) is 0 Å². The predicted octanol–water partition coefficient (Wildman–Crippen LogP) is -3.51. The maximum absolute atomic E-state index is 12.0. The van der Waals surface area contributed by atoms with E-state index < -0.39 is 15.2 Å². The standard InChI is InChI=1S/C10H10N6O3S.K/c17-20(18,19)10(14-7-1-4-11-14,15-8-2-5-12-15)16-9-3-6-13-16;/h1-9H,(H,17,18,19);/q;+1/p-1. The molecule has 0 saturated carbocycles. The van der Waals surface area contributed by atoms with Gasteiger partial charge in [0.1, 0.15) is 0 Å². The maximum atomic E-state index is 12.0. The van der Waals surface area contributed by atoms with E-state index >= 15 is 0 Å². The van der Waals surface area contributed by atoms with Gasteiger partial charge in [-0.25, -0.2) is 22.5 Å². The number of hydrogen-bond donors (Lipinski definition) is 0. The molecule has 0 aromatic carbocycles. The molecule has 3 heterocycles. The van der Waals surface area contributed by atoms with Crippen molar-refractivity contribution >= 4 is 10.1 Å². The van der Waals surface area contributed by atoms with Crippen LogP contribution in [0.2, 0.25) is 0 Å². The molecule has 0 bridgehead atoms. The Kier molecular flexibility index (Phi) is 4.82. The van der Waals surface area contributed by atoms with E-state index in [1.807, 2.05) is 0 Å². The SMILES string of the molecule is O=S(=O)([O-])C(n1cccn1)(n1cccn1)n1cccn1.[K+]. The Balaban J connectivity index is 0.00000161. The molecule has 0 amide bonds. The van der Waals surface area contributed by atoms with E-state index in [1.54, 1.807) is 0 Å². The zero-order valence-corrected chi connectivity index (χ0v) is 15.0. The van der Waals surface area contributed by atoms with Crippen molar-refractivity contribution in [1.82, 2.24) is 29.3 Å². The Morgan fingerprint density at radius 1 is 0.810 bits per heavy atom. The number of hydrogen-bond acceptors (Lipinski definition) is 6. The molecule has 0 spiro atoms. The van der Waals surface area contributed by atoms with Crippen molar-refractivity contribution in [3.8, 4) is 0 Å². The number of aromatic nitrogens is 6. The summed E-state index contributed by atoms with van der Waals surface area (Å²) in [6.45, 7) is 0. The normalized spacial score (nSPS) is 12.0. The van der Waals surface area contributed by atoms with Crippen LogP contribution in [0.1, 0.15) is 0 Å². The average molecular weight is 332 g/mol. The van der Waals surface area contributed by atoms with Crippen LogP contribution in [0, 0.1) is 0 Å². The van der Waals surface area contributed by atoms with Crippen LogP contribution in [0.15, 0.2) is 55.4 Å². The molecule has 0 unspecified atom stereocenters. The van der Waals surface area contributed by atoms with Crippen LogP contribution in [0.4, 0.5) is 0 Å². The van der Waals surface area contributed by atoms with Crippen LogP contribution < -0.4 is 51.4 Å². The van der Waals surface area contributed by atoms with E-state index in [2.05, 4.69) is 15.3 Å². The Morgan fingerprint density at radius 3 is 1.33 bits per heavy atom. The molecule has 0 fully saturated rings. The van der Waals surface area contributed by atoms with Crippen molar-refractivity contribution in [2.45, 2.75) is 5.12 Å². The minimum atomic E-state index is -4.94. The second-order valence-electron chi connectivity index (χ2n) is 3.88. The van der Waals surface area contributed by atoms with E-state index in [-0.39, 0.29) is 51.4 Å². The van der Waals surface area contributed by atoms with Gasteiger partial charge in [-0.3, -0.25) is 0 Å².